The van der Waals surface area contributed by atoms with Gasteiger partial charge in [-0.2, -0.15) is 5.10 Å². The molecular formula is C13H6ClF2N3O2. The van der Waals surface area contributed by atoms with Gasteiger partial charge < -0.3 is 5.11 Å². The lowest BCUT2D eigenvalue weighted by molar-refractivity contribution is 0.0698. The molecule has 0 saturated heterocycles. The summed E-state index contributed by atoms with van der Waals surface area (Å²) < 4.78 is 27.9. The van der Waals surface area contributed by atoms with Crippen LogP contribution in [0.1, 0.15) is 10.4 Å². The first-order valence-corrected chi connectivity index (χ1v) is 6.08. The number of hydrogen-bond donors (Lipinski definition) is 1. The molecule has 21 heavy (non-hydrogen) atoms. The fourth-order valence-electron chi connectivity index (χ4n) is 1.93. The summed E-state index contributed by atoms with van der Waals surface area (Å²) in [4.78, 5) is 14.9. The zero-order chi connectivity index (χ0) is 15.1. The minimum atomic E-state index is -1.20. The average Bonchev–Trinajstić information content (AvgIpc) is 2.81. The highest BCUT2D eigenvalue weighted by Crippen LogP contribution is 2.29. The maximum Gasteiger partial charge on any atom is 0.341 e. The summed E-state index contributed by atoms with van der Waals surface area (Å²) in [6, 6.07) is 3.04. The summed E-state index contributed by atoms with van der Waals surface area (Å²) in [6.07, 6.45) is 2.46. The molecule has 0 aliphatic heterocycles. The van der Waals surface area contributed by atoms with E-state index in [1.54, 1.807) is 0 Å². The standard InChI is InChI=1S/C13H6ClF2N3O2/c14-11-9(7-2-1-6(15)3-10(7)16)5-19-12(18-11)8(4-17-19)13(20)21/h1-5H,(H,20,21). The Hall–Kier alpha value is -2.54. The van der Waals surface area contributed by atoms with Gasteiger partial charge in [-0.1, -0.05) is 11.6 Å². The van der Waals surface area contributed by atoms with E-state index in [1.165, 1.54) is 16.8 Å². The Morgan fingerprint density at radius 3 is 2.71 bits per heavy atom. The van der Waals surface area contributed by atoms with Gasteiger partial charge in [0.15, 0.2) is 5.65 Å². The highest BCUT2D eigenvalue weighted by Gasteiger charge is 2.17. The van der Waals surface area contributed by atoms with Crippen LogP contribution in [0.5, 0.6) is 0 Å². The molecule has 106 valence electrons. The SMILES string of the molecule is O=C(O)c1cnn2cc(-c3ccc(F)cc3F)c(Cl)nc12. The van der Waals surface area contributed by atoms with Gasteiger partial charge in [-0.15, -0.1) is 0 Å². The second-order valence-electron chi connectivity index (χ2n) is 4.20. The molecule has 2 heterocycles. The quantitative estimate of drug-likeness (QED) is 0.739. The van der Waals surface area contributed by atoms with Crippen molar-refractivity contribution >= 4 is 23.2 Å². The molecular weight excluding hydrogens is 304 g/mol. The number of halogens is 3. The normalized spacial score (nSPS) is 11.0. The zero-order valence-electron chi connectivity index (χ0n) is 10.2. The number of aromatic carboxylic acids is 1. The van der Waals surface area contributed by atoms with Gasteiger partial charge in [0.25, 0.3) is 0 Å². The molecule has 0 aliphatic carbocycles. The lowest BCUT2D eigenvalue weighted by Gasteiger charge is -2.06. The Morgan fingerprint density at radius 2 is 2.05 bits per heavy atom. The van der Waals surface area contributed by atoms with Crippen LogP contribution < -0.4 is 0 Å². The van der Waals surface area contributed by atoms with E-state index in [1.807, 2.05) is 0 Å². The number of hydrogen-bond acceptors (Lipinski definition) is 3. The summed E-state index contributed by atoms with van der Waals surface area (Å²) in [5.74, 6) is -2.72. The summed E-state index contributed by atoms with van der Waals surface area (Å²) in [5.41, 5.74) is 0.145. The Kier molecular flexibility index (Phi) is 3.06. The van der Waals surface area contributed by atoms with Crippen molar-refractivity contribution in [3.05, 3.63) is 52.9 Å². The number of carbonyl (C=O) groups is 1. The van der Waals surface area contributed by atoms with Crippen LogP contribution in [0.15, 0.2) is 30.6 Å². The van der Waals surface area contributed by atoms with Crippen LogP contribution in [0.25, 0.3) is 16.8 Å². The van der Waals surface area contributed by atoms with Crippen molar-refractivity contribution < 1.29 is 18.7 Å². The second-order valence-corrected chi connectivity index (χ2v) is 4.56. The van der Waals surface area contributed by atoms with Crippen LogP contribution in [0.4, 0.5) is 8.78 Å². The highest BCUT2D eigenvalue weighted by molar-refractivity contribution is 6.32. The molecule has 0 bridgehead atoms. The highest BCUT2D eigenvalue weighted by atomic mass is 35.5. The van der Waals surface area contributed by atoms with Crippen molar-refractivity contribution in [3.63, 3.8) is 0 Å². The Morgan fingerprint density at radius 1 is 1.29 bits per heavy atom. The Bertz CT molecular complexity index is 879. The molecule has 5 nitrogen and oxygen atoms in total. The van der Waals surface area contributed by atoms with Crippen LogP contribution in [0, 0.1) is 11.6 Å². The summed E-state index contributed by atoms with van der Waals surface area (Å²) in [6.45, 7) is 0. The molecule has 0 unspecified atom stereocenters. The van der Waals surface area contributed by atoms with Gasteiger partial charge in [-0.05, 0) is 12.1 Å². The molecule has 1 aromatic carbocycles. The van der Waals surface area contributed by atoms with Crippen LogP contribution in [-0.2, 0) is 0 Å². The molecule has 2 aromatic heterocycles. The smallest absolute Gasteiger partial charge is 0.341 e. The van der Waals surface area contributed by atoms with Gasteiger partial charge in [-0.3, -0.25) is 0 Å². The molecule has 0 amide bonds. The average molecular weight is 310 g/mol. The van der Waals surface area contributed by atoms with Gasteiger partial charge in [0.2, 0.25) is 0 Å². The van der Waals surface area contributed by atoms with Gasteiger partial charge in [0.05, 0.1) is 6.20 Å². The number of aromatic nitrogens is 3. The third-order valence-corrected chi connectivity index (χ3v) is 3.19. The van der Waals surface area contributed by atoms with E-state index in [2.05, 4.69) is 10.1 Å². The van der Waals surface area contributed by atoms with E-state index < -0.39 is 17.6 Å². The first kappa shape index (κ1) is 13.4. The van der Waals surface area contributed by atoms with Crippen molar-refractivity contribution in [1.82, 2.24) is 14.6 Å². The molecule has 0 aliphatic rings. The van der Waals surface area contributed by atoms with Crippen molar-refractivity contribution in [2.24, 2.45) is 0 Å². The maximum atomic E-state index is 13.8. The predicted octanol–water partition coefficient (Wildman–Crippen LogP) is 3.03. The predicted molar refractivity (Wildman–Crippen MR) is 70.3 cm³/mol. The number of rotatable bonds is 2. The van der Waals surface area contributed by atoms with Crippen LogP contribution in [0.3, 0.4) is 0 Å². The van der Waals surface area contributed by atoms with Crippen molar-refractivity contribution in [2.45, 2.75) is 0 Å². The summed E-state index contributed by atoms with van der Waals surface area (Å²) in [7, 11) is 0. The van der Waals surface area contributed by atoms with Gasteiger partial charge in [0, 0.05) is 23.4 Å². The molecule has 0 spiro atoms. The van der Waals surface area contributed by atoms with Crippen molar-refractivity contribution in [3.8, 4) is 11.1 Å². The third-order valence-electron chi connectivity index (χ3n) is 2.90. The van der Waals surface area contributed by atoms with Crippen LogP contribution >= 0.6 is 11.6 Å². The maximum absolute atomic E-state index is 13.8. The lowest BCUT2D eigenvalue weighted by Crippen LogP contribution is -2.00. The molecule has 0 saturated carbocycles. The van der Waals surface area contributed by atoms with Crippen molar-refractivity contribution in [1.29, 1.82) is 0 Å². The molecule has 3 rings (SSSR count). The number of carboxylic acids is 1. The Labute approximate surface area is 121 Å². The van der Waals surface area contributed by atoms with Gasteiger partial charge in [0.1, 0.15) is 22.4 Å². The zero-order valence-corrected chi connectivity index (χ0v) is 11.0. The first-order valence-electron chi connectivity index (χ1n) is 5.70. The van der Waals surface area contributed by atoms with E-state index in [-0.39, 0.29) is 27.5 Å². The molecule has 3 aromatic rings. The Balaban J connectivity index is 2.24. The molecule has 0 radical (unpaired) electrons. The van der Waals surface area contributed by atoms with E-state index >= 15 is 0 Å². The minimum Gasteiger partial charge on any atom is -0.477 e. The summed E-state index contributed by atoms with van der Waals surface area (Å²) >= 11 is 5.98. The van der Waals surface area contributed by atoms with Crippen molar-refractivity contribution in [2.75, 3.05) is 0 Å². The summed E-state index contributed by atoms with van der Waals surface area (Å²) in [5, 5.41) is 12.7. The monoisotopic (exact) mass is 309 g/mol. The molecule has 0 fully saturated rings. The fraction of sp³-hybridized carbons (Fsp3) is 0. The third kappa shape index (κ3) is 2.21. The first-order chi connectivity index (χ1) is 9.97. The fourth-order valence-corrected chi connectivity index (χ4v) is 2.16. The topological polar surface area (TPSA) is 67.5 Å². The number of nitrogens with zero attached hydrogens (tertiary/aromatic N) is 3. The lowest BCUT2D eigenvalue weighted by atomic mass is 10.1. The van der Waals surface area contributed by atoms with E-state index in [0.29, 0.717) is 0 Å². The number of benzene rings is 1. The molecule has 1 N–H and O–H groups in total. The minimum absolute atomic E-state index is 0.0405. The number of fused-ring (bicyclic) bond motifs is 1. The van der Waals surface area contributed by atoms with Crippen LogP contribution in [-0.4, -0.2) is 25.7 Å². The van der Waals surface area contributed by atoms with E-state index in [4.69, 9.17) is 16.7 Å². The molecule has 0 atom stereocenters. The van der Waals surface area contributed by atoms with Gasteiger partial charge >= 0.3 is 5.97 Å². The van der Waals surface area contributed by atoms with Gasteiger partial charge in [-0.25, -0.2) is 23.1 Å². The van der Waals surface area contributed by atoms with E-state index in [9.17, 15) is 13.6 Å². The van der Waals surface area contributed by atoms with E-state index in [0.717, 1.165) is 18.3 Å². The number of carboxylic acid groups (broad SMARTS) is 1. The van der Waals surface area contributed by atoms with Crippen LogP contribution in [0.2, 0.25) is 5.15 Å². The largest absolute Gasteiger partial charge is 0.477 e. The second kappa shape index (κ2) is 4.78. The molecule has 8 heteroatoms.